The molecule has 0 aliphatic carbocycles. The molecule has 1 atom stereocenters. The number of hydrogen-bond acceptors (Lipinski definition) is 3. The van der Waals surface area contributed by atoms with Gasteiger partial charge in [0.05, 0.1) is 12.7 Å². The Morgan fingerprint density at radius 2 is 1.82 bits per heavy atom. The van der Waals surface area contributed by atoms with Gasteiger partial charge in [-0.15, -0.1) is 13.2 Å². The number of alkyl halides is 3. The summed E-state index contributed by atoms with van der Waals surface area (Å²) in [6.07, 6.45) is -3.18. The summed E-state index contributed by atoms with van der Waals surface area (Å²) in [7, 11) is 0. The van der Waals surface area contributed by atoms with E-state index in [0.717, 1.165) is 24.1 Å². The summed E-state index contributed by atoms with van der Waals surface area (Å²) in [6.45, 7) is 1.38. The van der Waals surface area contributed by atoms with Gasteiger partial charge in [0.2, 0.25) is 0 Å². The third kappa shape index (κ3) is 6.16. The topological polar surface area (TPSA) is 50.8 Å². The highest BCUT2D eigenvalue weighted by Crippen LogP contribution is 2.23. The van der Waals surface area contributed by atoms with Crippen molar-refractivity contribution in [1.82, 2.24) is 4.90 Å². The summed E-state index contributed by atoms with van der Waals surface area (Å²) < 4.78 is 46.3. The Kier molecular flexibility index (Phi) is 6.41. The number of hydrogen-bond donors (Lipinski definition) is 1. The van der Waals surface area contributed by atoms with Crippen molar-refractivity contribution in [2.45, 2.75) is 31.9 Å². The van der Waals surface area contributed by atoms with Gasteiger partial charge in [0.15, 0.2) is 0 Å². The van der Waals surface area contributed by atoms with Crippen LogP contribution in [-0.2, 0) is 11.3 Å². The summed E-state index contributed by atoms with van der Waals surface area (Å²) >= 11 is 0. The minimum atomic E-state index is -4.70. The van der Waals surface area contributed by atoms with Crippen molar-refractivity contribution < 1.29 is 27.4 Å². The lowest BCUT2D eigenvalue weighted by Crippen LogP contribution is -2.45. The van der Waals surface area contributed by atoms with E-state index in [9.17, 15) is 18.0 Å². The lowest BCUT2D eigenvalue weighted by Gasteiger charge is -2.32. The highest BCUT2D eigenvalue weighted by Gasteiger charge is 2.31. The van der Waals surface area contributed by atoms with Crippen LogP contribution in [0.25, 0.3) is 0 Å². The molecule has 0 bridgehead atoms. The first-order valence-corrected chi connectivity index (χ1v) is 8.96. The molecule has 3 rings (SSSR count). The number of rotatable bonds is 5. The van der Waals surface area contributed by atoms with Gasteiger partial charge in [0, 0.05) is 18.8 Å². The van der Waals surface area contributed by atoms with Crippen LogP contribution in [0.1, 0.15) is 18.4 Å². The quantitative estimate of drug-likeness (QED) is 0.793. The van der Waals surface area contributed by atoms with Gasteiger partial charge >= 0.3 is 12.4 Å². The summed E-state index contributed by atoms with van der Waals surface area (Å²) in [5.41, 5.74) is 1.47. The Morgan fingerprint density at radius 1 is 1.11 bits per heavy atom. The molecule has 1 aliphatic rings. The van der Waals surface area contributed by atoms with Gasteiger partial charge in [-0.05, 0) is 42.7 Å². The van der Waals surface area contributed by atoms with Crippen molar-refractivity contribution in [3.05, 3.63) is 60.2 Å². The van der Waals surface area contributed by atoms with Crippen LogP contribution in [0.2, 0.25) is 0 Å². The van der Waals surface area contributed by atoms with Crippen LogP contribution in [0.4, 0.5) is 23.7 Å². The van der Waals surface area contributed by atoms with Gasteiger partial charge in [0.25, 0.3) is 0 Å². The van der Waals surface area contributed by atoms with E-state index >= 15 is 0 Å². The first kappa shape index (κ1) is 20.0. The van der Waals surface area contributed by atoms with Crippen molar-refractivity contribution in [1.29, 1.82) is 0 Å². The normalized spacial score (nSPS) is 17.2. The fraction of sp³-hybridized carbons (Fsp3) is 0.350. The smallest absolute Gasteiger partial charge is 0.406 e. The second-order valence-electron chi connectivity index (χ2n) is 6.51. The maximum absolute atomic E-state index is 12.4. The Morgan fingerprint density at radius 3 is 2.50 bits per heavy atom. The molecule has 1 heterocycles. The van der Waals surface area contributed by atoms with E-state index in [1.54, 1.807) is 4.90 Å². The maximum Gasteiger partial charge on any atom is 0.573 e. The number of anilines is 1. The van der Waals surface area contributed by atoms with Crippen molar-refractivity contribution in [3.63, 3.8) is 0 Å². The monoisotopic (exact) mass is 394 g/mol. The average molecular weight is 394 g/mol. The zero-order chi connectivity index (χ0) is 20.0. The predicted octanol–water partition coefficient (Wildman–Crippen LogP) is 4.80. The number of para-hydroxylation sites is 1. The van der Waals surface area contributed by atoms with Crippen molar-refractivity contribution in [2.75, 3.05) is 18.4 Å². The number of piperidine rings is 1. The van der Waals surface area contributed by atoms with Crippen LogP contribution in [-0.4, -0.2) is 36.5 Å². The van der Waals surface area contributed by atoms with Crippen LogP contribution in [0.3, 0.4) is 0 Å². The van der Waals surface area contributed by atoms with Crippen molar-refractivity contribution in [2.24, 2.45) is 0 Å². The van der Waals surface area contributed by atoms with Gasteiger partial charge in [0.1, 0.15) is 5.75 Å². The molecule has 1 saturated heterocycles. The number of carbonyl (C=O) groups is 1. The fourth-order valence-corrected chi connectivity index (χ4v) is 2.98. The van der Waals surface area contributed by atoms with Crippen molar-refractivity contribution >= 4 is 11.7 Å². The highest BCUT2D eigenvalue weighted by atomic mass is 19.4. The van der Waals surface area contributed by atoms with E-state index in [4.69, 9.17) is 4.74 Å². The number of halogens is 3. The van der Waals surface area contributed by atoms with Gasteiger partial charge in [-0.1, -0.05) is 30.3 Å². The van der Waals surface area contributed by atoms with E-state index in [1.807, 2.05) is 30.3 Å². The molecule has 5 nitrogen and oxygen atoms in total. The number of nitrogens with zero attached hydrogens (tertiary/aromatic N) is 1. The molecule has 2 aromatic rings. The van der Waals surface area contributed by atoms with E-state index in [-0.39, 0.29) is 24.5 Å². The Bertz CT molecular complexity index is 767. The Labute approximate surface area is 161 Å². The number of carbonyl (C=O) groups excluding carboxylic acids is 1. The number of likely N-dealkylation sites (tertiary alicyclic amines) is 1. The largest absolute Gasteiger partial charge is 0.573 e. The van der Waals surface area contributed by atoms with Gasteiger partial charge < -0.3 is 19.7 Å². The molecule has 0 spiro atoms. The third-order valence-corrected chi connectivity index (χ3v) is 4.33. The first-order valence-electron chi connectivity index (χ1n) is 8.96. The molecular weight excluding hydrogens is 373 g/mol. The van der Waals surface area contributed by atoms with Gasteiger partial charge in [-0.3, -0.25) is 0 Å². The average Bonchev–Trinajstić information content (AvgIpc) is 2.67. The molecule has 8 heteroatoms. The molecular formula is C20H21F3N2O3. The predicted molar refractivity (Wildman–Crippen MR) is 98.0 cm³/mol. The van der Waals surface area contributed by atoms with Gasteiger partial charge in [-0.25, -0.2) is 4.79 Å². The zero-order valence-electron chi connectivity index (χ0n) is 15.1. The minimum absolute atomic E-state index is 0.124. The van der Waals surface area contributed by atoms with Crippen LogP contribution in [0, 0.1) is 0 Å². The van der Waals surface area contributed by atoms with Crippen LogP contribution < -0.4 is 10.1 Å². The van der Waals surface area contributed by atoms with Crippen LogP contribution >= 0.6 is 0 Å². The van der Waals surface area contributed by atoms with Crippen LogP contribution in [0.15, 0.2) is 54.6 Å². The Hall–Kier alpha value is -2.74. The lowest BCUT2D eigenvalue weighted by atomic mass is 10.1. The molecule has 2 amide bonds. The second-order valence-corrected chi connectivity index (χ2v) is 6.51. The number of amides is 2. The molecule has 0 unspecified atom stereocenters. The summed E-state index contributed by atoms with van der Waals surface area (Å²) in [4.78, 5) is 14.1. The van der Waals surface area contributed by atoms with E-state index in [2.05, 4.69) is 10.1 Å². The third-order valence-electron chi connectivity index (χ3n) is 4.33. The number of benzene rings is 2. The number of ether oxygens (including phenoxy) is 2. The SMILES string of the molecule is O=C(Nc1ccccc1)N1CCC[C@H](OCc2ccc(OC(F)(F)F)cc2)C1. The molecule has 2 aromatic carbocycles. The molecule has 0 radical (unpaired) electrons. The highest BCUT2D eigenvalue weighted by molar-refractivity contribution is 5.89. The molecule has 1 N–H and O–H groups in total. The molecule has 150 valence electrons. The summed E-state index contributed by atoms with van der Waals surface area (Å²) in [5.74, 6) is -0.266. The summed E-state index contributed by atoms with van der Waals surface area (Å²) in [6, 6.07) is 14.6. The maximum atomic E-state index is 12.4. The summed E-state index contributed by atoms with van der Waals surface area (Å²) in [5, 5.41) is 2.86. The van der Waals surface area contributed by atoms with E-state index in [0.29, 0.717) is 13.1 Å². The molecule has 28 heavy (non-hydrogen) atoms. The molecule has 1 aliphatic heterocycles. The standard InChI is InChI=1S/C20H21F3N2O3/c21-20(22,23)28-17-10-8-15(9-11-17)14-27-18-7-4-12-25(13-18)19(26)24-16-5-2-1-3-6-16/h1-3,5-6,8-11,18H,4,7,12-14H2,(H,24,26)/t18-/m0/s1. The van der Waals surface area contributed by atoms with E-state index < -0.39 is 6.36 Å². The number of nitrogens with one attached hydrogen (secondary N) is 1. The second kappa shape index (κ2) is 8.97. The molecule has 0 saturated carbocycles. The van der Waals surface area contributed by atoms with Gasteiger partial charge in [-0.2, -0.15) is 0 Å². The number of urea groups is 1. The van der Waals surface area contributed by atoms with Crippen LogP contribution in [0.5, 0.6) is 5.75 Å². The molecule has 1 fully saturated rings. The molecule has 0 aromatic heterocycles. The minimum Gasteiger partial charge on any atom is -0.406 e. The zero-order valence-corrected chi connectivity index (χ0v) is 15.1. The fourth-order valence-electron chi connectivity index (χ4n) is 2.98. The first-order chi connectivity index (χ1) is 13.4. The Balaban J connectivity index is 1.47. The van der Waals surface area contributed by atoms with Crippen molar-refractivity contribution in [3.8, 4) is 5.75 Å². The van der Waals surface area contributed by atoms with E-state index in [1.165, 1.54) is 24.3 Å². The lowest BCUT2D eigenvalue weighted by molar-refractivity contribution is -0.274.